The van der Waals surface area contributed by atoms with Gasteiger partial charge >= 0.3 is 0 Å². The summed E-state index contributed by atoms with van der Waals surface area (Å²) in [6, 6.07) is 15.4. The molecule has 0 atom stereocenters. The van der Waals surface area contributed by atoms with Gasteiger partial charge in [-0.2, -0.15) is 4.98 Å². The van der Waals surface area contributed by atoms with Gasteiger partial charge in [0.05, 0.1) is 0 Å². The van der Waals surface area contributed by atoms with Gasteiger partial charge in [0.25, 0.3) is 0 Å². The molecule has 1 aliphatic rings. The van der Waals surface area contributed by atoms with Crippen LogP contribution in [0.3, 0.4) is 0 Å². The molecule has 0 bridgehead atoms. The van der Waals surface area contributed by atoms with Crippen molar-refractivity contribution in [2.45, 2.75) is 45.4 Å². The lowest BCUT2D eigenvalue weighted by Gasteiger charge is -2.16. The van der Waals surface area contributed by atoms with E-state index in [0.29, 0.717) is 36.2 Å². The number of nitrogens with one attached hydrogen (secondary N) is 1. The van der Waals surface area contributed by atoms with E-state index in [4.69, 9.17) is 4.52 Å². The van der Waals surface area contributed by atoms with E-state index in [0.717, 1.165) is 24.2 Å². The molecule has 1 N–H and O–H groups in total. The van der Waals surface area contributed by atoms with Gasteiger partial charge in [0.2, 0.25) is 23.5 Å². The number of aryl methyl sites for hydroxylation is 1. The summed E-state index contributed by atoms with van der Waals surface area (Å²) in [4.78, 5) is 30.5. The Hall–Kier alpha value is -3.48. The highest BCUT2D eigenvalue weighted by Gasteiger charge is 2.21. The summed E-state index contributed by atoms with van der Waals surface area (Å²) >= 11 is 0. The fourth-order valence-electron chi connectivity index (χ4n) is 3.61. The summed E-state index contributed by atoms with van der Waals surface area (Å²) in [5.74, 6) is 1.38. The largest absolute Gasteiger partial charge is 0.339 e. The van der Waals surface area contributed by atoms with E-state index in [1.807, 2.05) is 36.4 Å². The van der Waals surface area contributed by atoms with Gasteiger partial charge in [-0.25, -0.2) is 0 Å². The van der Waals surface area contributed by atoms with Crippen molar-refractivity contribution in [2.24, 2.45) is 0 Å². The number of benzene rings is 2. The molecule has 1 aromatic heterocycles. The van der Waals surface area contributed by atoms with Crippen molar-refractivity contribution in [2.75, 3.05) is 16.8 Å². The van der Waals surface area contributed by atoms with Gasteiger partial charge in [0.1, 0.15) is 0 Å². The van der Waals surface area contributed by atoms with Crippen LogP contribution in [0.1, 0.15) is 50.5 Å². The maximum Gasteiger partial charge on any atom is 0.227 e. The molecule has 2 aromatic carbocycles. The van der Waals surface area contributed by atoms with E-state index in [9.17, 15) is 9.59 Å². The highest BCUT2D eigenvalue weighted by Crippen LogP contribution is 2.24. The van der Waals surface area contributed by atoms with Crippen LogP contribution in [0.15, 0.2) is 53.1 Å². The summed E-state index contributed by atoms with van der Waals surface area (Å²) in [7, 11) is 0. The minimum Gasteiger partial charge on any atom is -0.339 e. The standard InChI is InChI=1S/C24H26N4O3/c1-16(2)17-8-10-18(11-9-17)24-26-22(31-27-24)13-12-21(29)25-19-5-3-6-20(15-19)28-14-4-7-23(28)30/h3,5-6,8-11,15-16H,4,7,12-14H2,1-2H3,(H,25,29). The predicted molar refractivity (Wildman–Crippen MR) is 119 cm³/mol. The molecule has 0 aliphatic carbocycles. The topological polar surface area (TPSA) is 88.3 Å². The van der Waals surface area contributed by atoms with Crippen molar-refractivity contribution in [3.8, 4) is 11.4 Å². The third-order valence-electron chi connectivity index (χ3n) is 5.38. The molecule has 2 amide bonds. The summed E-state index contributed by atoms with van der Waals surface area (Å²) < 4.78 is 5.31. The van der Waals surface area contributed by atoms with Crippen LogP contribution >= 0.6 is 0 Å². The zero-order chi connectivity index (χ0) is 21.8. The Morgan fingerprint density at radius 1 is 1.19 bits per heavy atom. The SMILES string of the molecule is CC(C)c1ccc(-c2noc(CCC(=O)Nc3cccc(N4CCCC4=O)c3)n2)cc1. The summed E-state index contributed by atoms with van der Waals surface area (Å²) in [5.41, 5.74) is 3.61. The van der Waals surface area contributed by atoms with Crippen LogP contribution in [0.4, 0.5) is 11.4 Å². The van der Waals surface area contributed by atoms with Gasteiger partial charge in [0, 0.05) is 42.7 Å². The van der Waals surface area contributed by atoms with Crippen LogP contribution in [-0.2, 0) is 16.0 Å². The smallest absolute Gasteiger partial charge is 0.227 e. The minimum absolute atomic E-state index is 0.120. The van der Waals surface area contributed by atoms with E-state index in [1.54, 1.807) is 4.90 Å². The summed E-state index contributed by atoms with van der Waals surface area (Å²) in [6.45, 7) is 5.01. The molecule has 0 unspecified atom stereocenters. The Morgan fingerprint density at radius 2 is 2.00 bits per heavy atom. The predicted octanol–water partition coefficient (Wildman–Crippen LogP) is 4.56. The first-order valence-corrected chi connectivity index (χ1v) is 10.6. The van der Waals surface area contributed by atoms with Crippen LogP contribution in [0, 0.1) is 0 Å². The molecule has 0 saturated carbocycles. The Morgan fingerprint density at radius 3 is 2.71 bits per heavy atom. The zero-order valence-electron chi connectivity index (χ0n) is 17.8. The fraction of sp³-hybridized carbons (Fsp3) is 0.333. The van der Waals surface area contributed by atoms with Gasteiger partial charge in [-0.3, -0.25) is 9.59 Å². The summed E-state index contributed by atoms with van der Waals surface area (Å²) in [5, 5.41) is 6.91. The van der Waals surface area contributed by atoms with Crippen LogP contribution < -0.4 is 10.2 Å². The van der Waals surface area contributed by atoms with Crippen LogP contribution in [0.25, 0.3) is 11.4 Å². The number of carbonyl (C=O) groups is 2. The van der Waals surface area contributed by atoms with E-state index < -0.39 is 0 Å². The lowest BCUT2D eigenvalue weighted by molar-refractivity contribution is -0.117. The van der Waals surface area contributed by atoms with Crippen molar-refractivity contribution in [1.29, 1.82) is 0 Å². The van der Waals surface area contributed by atoms with E-state index in [2.05, 4.69) is 41.4 Å². The van der Waals surface area contributed by atoms with Crippen molar-refractivity contribution in [3.05, 3.63) is 60.0 Å². The first-order valence-electron chi connectivity index (χ1n) is 10.6. The average molecular weight is 418 g/mol. The van der Waals surface area contributed by atoms with Crippen LogP contribution in [0.2, 0.25) is 0 Å². The van der Waals surface area contributed by atoms with Gasteiger partial charge in [-0.1, -0.05) is 49.3 Å². The zero-order valence-corrected chi connectivity index (χ0v) is 17.8. The van der Waals surface area contributed by atoms with E-state index in [-0.39, 0.29) is 18.2 Å². The highest BCUT2D eigenvalue weighted by atomic mass is 16.5. The number of amides is 2. The third kappa shape index (κ3) is 4.99. The Balaban J connectivity index is 1.33. The lowest BCUT2D eigenvalue weighted by Crippen LogP contribution is -2.23. The average Bonchev–Trinajstić information content (AvgIpc) is 3.41. The Kier molecular flexibility index (Phi) is 6.11. The molecule has 7 nitrogen and oxygen atoms in total. The highest BCUT2D eigenvalue weighted by molar-refractivity contribution is 5.97. The molecule has 2 heterocycles. The molecular formula is C24H26N4O3. The van der Waals surface area contributed by atoms with Crippen LogP contribution in [-0.4, -0.2) is 28.5 Å². The number of rotatable bonds is 7. The van der Waals surface area contributed by atoms with E-state index in [1.165, 1.54) is 5.56 Å². The molecule has 160 valence electrons. The molecule has 4 rings (SSSR count). The number of hydrogen-bond donors (Lipinski definition) is 1. The van der Waals surface area contributed by atoms with Gasteiger partial charge in [-0.05, 0) is 36.1 Å². The molecular weight excluding hydrogens is 392 g/mol. The first kappa shape index (κ1) is 20.8. The molecule has 0 radical (unpaired) electrons. The number of nitrogens with zero attached hydrogens (tertiary/aromatic N) is 3. The normalized spacial score (nSPS) is 13.8. The Labute approximate surface area is 181 Å². The van der Waals surface area contributed by atoms with Crippen molar-refractivity contribution in [3.63, 3.8) is 0 Å². The number of hydrogen-bond acceptors (Lipinski definition) is 5. The van der Waals surface area contributed by atoms with Crippen molar-refractivity contribution >= 4 is 23.2 Å². The summed E-state index contributed by atoms with van der Waals surface area (Å²) in [6.07, 6.45) is 2.02. The second kappa shape index (κ2) is 9.12. The molecule has 1 saturated heterocycles. The first-order chi connectivity index (χ1) is 15.0. The molecule has 0 spiro atoms. The van der Waals surface area contributed by atoms with Gasteiger partial charge < -0.3 is 14.7 Å². The molecule has 7 heteroatoms. The minimum atomic E-state index is -0.147. The van der Waals surface area contributed by atoms with Crippen molar-refractivity contribution in [1.82, 2.24) is 10.1 Å². The molecule has 1 aliphatic heterocycles. The number of anilines is 2. The number of aromatic nitrogens is 2. The van der Waals surface area contributed by atoms with Crippen LogP contribution in [0.5, 0.6) is 0 Å². The lowest BCUT2D eigenvalue weighted by atomic mass is 10.0. The number of carbonyl (C=O) groups excluding carboxylic acids is 2. The monoisotopic (exact) mass is 418 g/mol. The maximum atomic E-state index is 12.4. The van der Waals surface area contributed by atoms with Gasteiger partial charge in [0.15, 0.2) is 0 Å². The second-order valence-electron chi connectivity index (χ2n) is 8.04. The molecule has 1 fully saturated rings. The van der Waals surface area contributed by atoms with E-state index >= 15 is 0 Å². The van der Waals surface area contributed by atoms with Gasteiger partial charge in [-0.15, -0.1) is 0 Å². The fourth-order valence-corrected chi connectivity index (χ4v) is 3.61. The van der Waals surface area contributed by atoms with Crippen molar-refractivity contribution < 1.29 is 14.1 Å². The molecule has 31 heavy (non-hydrogen) atoms. The quantitative estimate of drug-likeness (QED) is 0.608. The maximum absolute atomic E-state index is 12.4. The Bertz CT molecular complexity index is 1070. The second-order valence-corrected chi connectivity index (χ2v) is 8.04. The molecule has 3 aromatic rings. The third-order valence-corrected chi connectivity index (χ3v) is 5.38.